The molecule has 1 saturated heterocycles. The molecule has 0 radical (unpaired) electrons. The van der Waals surface area contributed by atoms with Crippen molar-refractivity contribution in [3.63, 3.8) is 0 Å². The summed E-state index contributed by atoms with van der Waals surface area (Å²) >= 11 is 9.52. The zero-order valence-corrected chi connectivity index (χ0v) is 21.7. The van der Waals surface area contributed by atoms with Gasteiger partial charge in [0, 0.05) is 53.7 Å². The van der Waals surface area contributed by atoms with Gasteiger partial charge in [0.05, 0.1) is 24.8 Å². The second-order valence-corrected chi connectivity index (χ2v) is 9.33. The minimum atomic E-state index is -0.273. The Morgan fingerprint density at radius 3 is 2.11 bits per heavy atom. The molecule has 0 atom stereocenters. The highest BCUT2D eigenvalue weighted by molar-refractivity contribution is 9.10. The van der Waals surface area contributed by atoms with Gasteiger partial charge in [0.25, 0.3) is 11.8 Å². The average molecular weight is 559 g/mol. The molecule has 0 unspecified atom stereocenters. The predicted molar refractivity (Wildman–Crippen MR) is 141 cm³/mol. The monoisotopic (exact) mass is 557 g/mol. The van der Waals surface area contributed by atoms with E-state index in [2.05, 4.69) is 26.1 Å². The SMILES string of the molecule is COc1cc(OC)cc(C(=O)N2CCN(c3ccc(NC(=O)c4cc(Br)ccc4Cl)cc3)CC2)c1. The van der Waals surface area contributed by atoms with E-state index >= 15 is 0 Å². The number of amides is 2. The summed E-state index contributed by atoms with van der Waals surface area (Å²) in [6, 6.07) is 18.0. The number of hydrogen-bond acceptors (Lipinski definition) is 5. The summed E-state index contributed by atoms with van der Waals surface area (Å²) in [5.41, 5.74) is 2.65. The van der Waals surface area contributed by atoms with Gasteiger partial charge in [-0.2, -0.15) is 0 Å². The number of nitrogens with zero attached hydrogens (tertiary/aromatic N) is 2. The maximum absolute atomic E-state index is 13.0. The van der Waals surface area contributed by atoms with Gasteiger partial charge >= 0.3 is 0 Å². The minimum absolute atomic E-state index is 0.0499. The maximum atomic E-state index is 13.0. The van der Waals surface area contributed by atoms with Gasteiger partial charge in [-0.3, -0.25) is 9.59 Å². The molecule has 1 N–H and O–H groups in total. The molecule has 0 aliphatic carbocycles. The summed E-state index contributed by atoms with van der Waals surface area (Å²) in [7, 11) is 3.13. The van der Waals surface area contributed by atoms with Gasteiger partial charge in [0.15, 0.2) is 0 Å². The molecule has 9 heteroatoms. The first kappa shape index (κ1) is 24.9. The van der Waals surface area contributed by atoms with Crippen molar-refractivity contribution in [2.45, 2.75) is 0 Å². The van der Waals surface area contributed by atoms with Crippen molar-refractivity contribution in [3.05, 3.63) is 81.3 Å². The Bertz CT molecular complexity index is 1210. The van der Waals surface area contributed by atoms with E-state index in [4.69, 9.17) is 21.1 Å². The number of methoxy groups -OCH3 is 2. The topological polar surface area (TPSA) is 71.1 Å². The molecule has 0 saturated carbocycles. The summed E-state index contributed by atoms with van der Waals surface area (Å²) in [5.74, 6) is 0.845. The van der Waals surface area contributed by atoms with Crippen LogP contribution in [0.1, 0.15) is 20.7 Å². The number of rotatable bonds is 6. The standard InChI is InChI=1S/C26H25BrClN3O4/c1-34-21-13-17(14-22(16-21)35-2)26(33)31-11-9-30(10-12-31)20-6-4-19(5-7-20)29-25(32)23-15-18(27)3-8-24(23)28/h3-8,13-16H,9-12H2,1-2H3,(H,29,32). The van der Waals surface area contributed by atoms with Crippen molar-refractivity contribution in [1.29, 1.82) is 0 Å². The third kappa shape index (κ3) is 5.89. The molecule has 4 rings (SSSR count). The number of ether oxygens (including phenoxy) is 2. The van der Waals surface area contributed by atoms with Crippen LogP contribution in [0.3, 0.4) is 0 Å². The Kier molecular flexibility index (Phi) is 7.83. The maximum Gasteiger partial charge on any atom is 0.257 e. The lowest BCUT2D eigenvalue weighted by molar-refractivity contribution is 0.0746. The molecule has 0 aromatic heterocycles. The second kappa shape index (κ2) is 11.0. The van der Waals surface area contributed by atoms with Crippen LogP contribution in [0.25, 0.3) is 0 Å². The largest absolute Gasteiger partial charge is 0.497 e. The van der Waals surface area contributed by atoms with Crippen molar-refractivity contribution in [1.82, 2.24) is 4.90 Å². The summed E-state index contributed by atoms with van der Waals surface area (Å²) in [4.78, 5) is 29.7. The molecular formula is C26H25BrClN3O4. The highest BCUT2D eigenvalue weighted by Gasteiger charge is 2.23. The van der Waals surface area contributed by atoms with E-state index in [0.29, 0.717) is 59.5 Å². The molecule has 3 aromatic carbocycles. The fourth-order valence-electron chi connectivity index (χ4n) is 3.91. The number of piperazine rings is 1. The number of anilines is 2. The van der Waals surface area contributed by atoms with Crippen molar-refractivity contribution in [3.8, 4) is 11.5 Å². The number of nitrogens with one attached hydrogen (secondary N) is 1. The first-order valence-corrected chi connectivity index (χ1v) is 12.2. The van der Waals surface area contributed by atoms with Crippen LogP contribution in [0.2, 0.25) is 5.02 Å². The zero-order valence-electron chi connectivity index (χ0n) is 19.4. The zero-order chi connectivity index (χ0) is 24.9. The third-order valence-corrected chi connectivity index (χ3v) is 6.65. The van der Waals surface area contributed by atoms with Gasteiger partial charge in [0.1, 0.15) is 11.5 Å². The van der Waals surface area contributed by atoms with Crippen molar-refractivity contribution in [2.75, 3.05) is 50.6 Å². The van der Waals surface area contributed by atoms with Crippen LogP contribution < -0.4 is 19.7 Å². The van der Waals surface area contributed by atoms with Crippen LogP contribution in [-0.2, 0) is 0 Å². The van der Waals surface area contributed by atoms with Crippen LogP contribution in [0.15, 0.2) is 65.1 Å². The second-order valence-electron chi connectivity index (χ2n) is 8.01. The van der Waals surface area contributed by atoms with Crippen LogP contribution >= 0.6 is 27.5 Å². The molecule has 35 heavy (non-hydrogen) atoms. The molecule has 1 heterocycles. The van der Waals surface area contributed by atoms with Gasteiger partial charge in [-0.1, -0.05) is 27.5 Å². The van der Waals surface area contributed by atoms with Crippen LogP contribution in [0.5, 0.6) is 11.5 Å². The molecule has 1 fully saturated rings. The molecule has 2 amide bonds. The van der Waals surface area contributed by atoms with Gasteiger partial charge in [-0.05, 0) is 54.6 Å². The van der Waals surface area contributed by atoms with E-state index in [9.17, 15) is 9.59 Å². The van der Waals surface area contributed by atoms with E-state index in [1.54, 1.807) is 50.6 Å². The third-order valence-electron chi connectivity index (χ3n) is 5.83. The Balaban J connectivity index is 1.36. The molecule has 7 nitrogen and oxygen atoms in total. The fraction of sp³-hybridized carbons (Fsp3) is 0.231. The van der Waals surface area contributed by atoms with Crippen molar-refractivity contribution < 1.29 is 19.1 Å². The number of benzene rings is 3. The smallest absolute Gasteiger partial charge is 0.257 e. The highest BCUT2D eigenvalue weighted by Crippen LogP contribution is 2.26. The van der Waals surface area contributed by atoms with E-state index in [1.807, 2.05) is 29.2 Å². The fourth-order valence-corrected chi connectivity index (χ4v) is 4.47. The number of hydrogen-bond donors (Lipinski definition) is 1. The van der Waals surface area contributed by atoms with Crippen molar-refractivity contribution >= 4 is 50.7 Å². The van der Waals surface area contributed by atoms with Crippen LogP contribution in [-0.4, -0.2) is 57.1 Å². The lowest BCUT2D eigenvalue weighted by atomic mass is 10.1. The molecule has 1 aliphatic heterocycles. The highest BCUT2D eigenvalue weighted by atomic mass is 79.9. The lowest BCUT2D eigenvalue weighted by Crippen LogP contribution is -2.48. The van der Waals surface area contributed by atoms with Crippen LogP contribution in [0, 0.1) is 0 Å². The molecule has 0 bridgehead atoms. The molecule has 3 aromatic rings. The van der Waals surface area contributed by atoms with E-state index < -0.39 is 0 Å². The molecular weight excluding hydrogens is 534 g/mol. The van der Waals surface area contributed by atoms with E-state index in [1.165, 1.54) is 0 Å². The van der Waals surface area contributed by atoms with Gasteiger partial charge in [-0.15, -0.1) is 0 Å². The average Bonchev–Trinajstić information content (AvgIpc) is 2.89. The summed E-state index contributed by atoms with van der Waals surface area (Å²) in [6.07, 6.45) is 0. The molecule has 0 spiro atoms. The Morgan fingerprint density at radius 1 is 0.886 bits per heavy atom. The number of halogens is 2. The first-order chi connectivity index (χ1) is 16.9. The first-order valence-electron chi connectivity index (χ1n) is 11.0. The Hall–Kier alpha value is -3.23. The summed E-state index contributed by atoms with van der Waals surface area (Å²) in [6.45, 7) is 2.59. The van der Waals surface area contributed by atoms with Gasteiger partial charge in [0.2, 0.25) is 0 Å². The molecule has 1 aliphatic rings. The Morgan fingerprint density at radius 2 is 1.51 bits per heavy atom. The van der Waals surface area contributed by atoms with Gasteiger partial charge in [-0.25, -0.2) is 0 Å². The summed E-state index contributed by atoms with van der Waals surface area (Å²) < 4.78 is 11.4. The van der Waals surface area contributed by atoms with Gasteiger partial charge < -0.3 is 24.6 Å². The predicted octanol–water partition coefficient (Wildman–Crippen LogP) is 5.33. The van der Waals surface area contributed by atoms with E-state index in [0.717, 1.165) is 10.2 Å². The minimum Gasteiger partial charge on any atom is -0.497 e. The Labute approximate surface area is 217 Å². The lowest BCUT2D eigenvalue weighted by Gasteiger charge is -2.36. The summed E-state index contributed by atoms with van der Waals surface area (Å²) in [5, 5.41) is 3.27. The van der Waals surface area contributed by atoms with Crippen molar-refractivity contribution in [2.24, 2.45) is 0 Å². The quantitative estimate of drug-likeness (QED) is 0.443. The number of carbonyl (C=O) groups excluding carboxylic acids is 2. The van der Waals surface area contributed by atoms with E-state index in [-0.39, 0.29) is 11.8 Å². The number of carbonyl (C=O) groups is 2. The normalized spacial score (nSPS) is 13.4. The molecule has 182 valence electrons. The van der Waals surface area contributed by atoms with Crippen LogP contribution in [0.4, 0.5) is 11.4 Å².